The second-order valence-electron chi connectivity index (χ2n) is 6.52. The Morgan fingerprint density at radius 3 is 2.55 bits per heavy atom. The number of ether oxygens (including phenoxy) is 3. The van der Waals surface area contributed by atoms with Gasteiger partial charge in [0.25, 0.3) is 0 Å². The fraction of sp³-hybridized carbons (Fsp3) is 0.130. The molecule has 0 unspecified atom stereocenters. The topological polar surface area (TPSA) is 75.0 Å². The number of aryl methyl sites for hydroxylation is 1. The minimum Gasteiger partial charge on any atom is -0.489 e. The van der Waals surface area contributed by atoms with Gasteiger partial charge in [0.15, 0.2) is 5.76 Å². The van der Waals surface area contributed by atoms with Crippen molar-refractivity contribution in [2.24, 2.45) is 0 Å². The van der Waals surface area contributed by atoms with Crippen molar-refractivity contribution in [2.75, 3.05) is 7.11 Å². The smallest absolute Gasteiger partial charge is 0.337 e. The molecule has 0 bridgehead atoms. The van der Waals surface area contributed by atoms with Crippen LogP contribution in [0.1, 0.15) is 37.8 Å². The highest BCUT2D eigenvalue weighted by atomic mass is 16.5. The van der Waals surface area contributed by atoms with Crippen LogP contribution in [0.25, 0.3) is 6.08 Å². The van der Waals surface area contributed by atoms with Crippen molar-refractivity contribution in [2.45, 2.75) is 13.5 Å². The molecule has 0 fully saturated rings. The molecule has 0 spiro atoms. The van der Waals surface area contributed by atoms with Crippen LogP contribution in [0.5, 0.6) is 11.5 Å². The fourth-order valence-corrected chi connectivity index (χ4v) is 2.94. The molecule has 6 heteroatoms. The number of carbonyl (C=O) groups excluding carboxylic acids is 2. The molecular formula is C23H18O6. The highest BCUT2D eigenvalue weighted by Crippen LogP contribution is 2.35. The predicted molar refractivity (Wildman–Crippen MR) is 105 cm³/mol. The van der Waals surface area contributed by atoms with Crippen LogP contribution >= 0.6 is 0 Å². The molecule has 3 aromatic rings. The lowest BCUT2D eigenvalue weighted by atomic mass is 10.1. The number of allylic oxidation sites excluding steroid dienone is 1. The molecule has 0 radical (unpaired) electrons. The van der Waals surface area contributed by atoms with Crippen LogP contribution in [0.15, 0.2) is 64.8 Å². The lowest BCUT2D eigenvalue weighted by Gasteiger charge is -2.08. The monoisotopic (exact) mass is 390 g/mol. The SMILES string of the molecule is COC(=O)c1ccc(COc2ccc3c(c2)OC(=Cc2ccc(C)o2)C3=O)cc1. The van der Waals surface area contributed by atoms with E-state index in [0.717, 1.165) is 11.3 Å². The second kappa shape index (κ2) is 7.67. The molecule has 0 saturated carbocycles. The van der Waals surface area contributed by atoms with E-state index in [4.69, 9.17) is 13.9 Å². The van der Waals surface area contributed by atoms with Gasteiger partial charge >= 0.3 is 5.97 Å². The largest absolute Gasteiger partial charge is 0.489 e. The highest BCUT2D eigenvalue weighted by Gasteiger charge is 2.28. The molecule has 2 heterocycles. The Morgan fingerprint density at radius 2 is 1.86 bits per heavy atom. The van der Waals surface area contributed by atoms with E-state index in [1.54, 1.807) is 54.6 Å². The minimum absolute atomic E-state index is 0.195. The molecular weight excluding hydrogens is 372 g/mol. The Hall–Kier alpha value is -3.80. The van der Waals surface area contributed by atoms with Crippen LogP contribution in [0.4, 0.5) is 0 Å². The van der Waals surface area contributed by atoms with Crippen LogP contribution < -0.4 is 9.47 Å². The number of fused-ring (bicyclic) bond motifs is 1. The van der Waals surface area contributed by atoms with E-state index in [1.807, 2.05) is 13.0 Å². The summed E-state index contributed by atoms with van der Waals surface area (Å²) in [7, 11) is 1.34. The molecule has 4 rings (SSSR count). The average Bonchev–Trinajstić information content (AvgIpc) is 3.29. The molecule has 0 N–H and O–H groups in total. The summed E-state index contributed by atoms with van der Waals surface area (Å²) in [6.07, 6.45) is 1.58. The molecule has 0 atom stereocenters. The van der Waals surface area contributed by atoms with Gasteiger partial charge in [-0.2, -0.15) is 0 Å². The number of esters is 1. The van der Waals surface area contributed by atoms with Gasteiger partial charge in [0.05, 0.1) is 18.2 Å². The van der Waals surface area contributed by atoms with Crippen LogP contribution in [0, 0.1) is 6.92 Å². The zero-order chi connectivity index (χ0) is 20.4. The molecule has 0 aliphatic carbocycles. The Morgan fingerprint density at radius 1 is 1.07 bits per heavy atom. The van der Waals surface area contributed by atoms with Gasteiger partial charge in [0.2, 0.25) is 5.78 Å². The summed E-state index contributed by atoms with van der Waals surface area (Å²) < 4.78 is 21.6. The summed E-state index contributed by atoms with van der Waals surface area (Å²) in [5.74, 6) is 1.97. The molecule has 1 aliphatic rings. The number of rotatable bonds is 5. The summed E-state index contributed by atoms with van der Waals surface area (Å²) in [6, 6.07) is 15.7. The van der Waals surface area contributed by atoms with Crippen LogP contribution in [0.3, 0.4) is 0 Å². The van der Waals surface area contributed by atoms with Gasteiger partial charge < -0.3 is 18.6 Å². The van der Waals surface area contributed by atoms with Gasteiger partial charge in [0, 0.05) is 12.1 Å². The Labute approximate surface area is 167 Å². The van der Waals surface area contributed by atoms with Crippen molar-refractivity contribution in [1.29, 1.82) is 0 Å². The molecule has 0 saturated heterocycles. The molecule has 6 nitrogen and oxygen atoms in total. The van der Waals surface area contributed by atoms with Crippen molar-refractivity contribution in [3.05, 3.63) is 88.6 Å². The Bertz CT molecular complexity index is 1100. The number of hydrogen-bond donors (Lipinski definition) is 0. The van der Waals surface area contributed by atoms with Gasteiger partial charge in [-0.1, -0.05) is 12.1 Å². The zero-order valence-corrected chi connectivity index (χ0v) is 15.9. The number of benzene rings is 2. The first kappa shape index (κ1) is 18.6. The van der Waals surface area contributed by atoms with E-state index in [0.29, 0.717) is 35.0 Å². The number of furan rings is 1. The number of carbonyl (C=O) groups is 2. The van der Waals surface area contributed by atoms with Crippen LogP contribution in [-0.2, 0) is 11.3 Å². The first-order valence-electron chi connectivity index (χ1n) is 8.98. The van der Waals surface area contributed by atoms with Gasteiger partial charge in [-0.3, -0.25) is 4.79 Å². The van der Waals surface area contributed by atoms with E-state index < -0.39 is 0 Å². The fourth-order valence-electron chi connectivity index (χ4n) is 2.94. The average molecular weight is 390 g/mol. The first-order valence-corrected chi connectivity index (χ1v) is 8.98. The van der Waals surface area contributed by atoms with E-state index in [2.05, 4.69) is 4.74 Å². The predicted octanol–water partition coefficient (Wildman–Crippen LogP) is 4.57. The van der Waals surface area contributed by atoms with Gasteiger partial charge in [-0.15, -0.1) is 0 Å². The third-order valence-electron chi connectivity index (χ3n) is 4.46. The summed E-state index contributed by atoms with van der Waals surface area (Å²) >= 11 is 0. The molecule has 29 heavy (non-hydrogen) atoms. The normalized spacial score (nSPS) is 13.9. The Balaban J connectivity index is 1.45. The van der Waals surface area contributed by atoms with Crippen molar-refractivity contribution >= 4 is 17.8 Å². The van der Waals surface area contributed by atoms with Crippen molar-refractivity contribution in [3.8, 4) is 11.5 Å². The standard InChI is InChI=1S/C23H18O6/c1-14-3-8-18(28-14)12-21-22(24)19-10-9-17(11-20(19)29-21)27-13-15-4-6-16(7-5-15)23(25)26-2/h3-12H,13H2,1-2H3. The van der Waals surface area contributed by atoms with E-state index in [9.17, 15) is 9.59 Å². The Kier molecular flexibility index (Phi) is 4.91. The maximum atomic E-state index is 12.5. The summed E-state index contributed by atoms with van der Waals surface area (Å²) in [6.45, 7) is 2.14. The van der Waals surface area contributed by atoms with Crippen molar-refractivity contribution < 1.29 is 28.2 Å². The second-order valence-corrected chi connectivity index (χ2v) is 6.52. The number of hydrogen-bond acceptors (Lipinski definition) is 6. The van der Waals surface area contributed by atoms with E-state index >= 15 is 0 Å². The third-order valence-corrected chi connectivity index (χ3v) is 4.46. The lowest BCUT2D eigenvalue weighted by Crippen LogP contribution is -2.02. The minimum atomic E-state index is -0.383. The molecule has 2 aromatic carbocycles. The number of ketones is 1. The maximum absolute atomic E-state index is 12.5. The lowest BCUT2D eigenvalue weighted by molar-refractivity contribution is 0.0600. The number of methoxy groups -OCH3 is 1. The molecule has 0 amide bonds. The van der Waals surface area contributed by atoms with Crippen LogP contribution in [0.2, 0.25) is 0 Å². The molecule has 1 aromatic heterocycles. The van der Waals surface area contributed by atoms with Gasteiger partial charge in [-0.05, 0) is 48.9 Å². The quantitative estimate of drug-likeness (QED) is 0.469. The molecule has 146 valence electrons. The first-order chi connectivity index (χ1) is 14.0. The van der Waals surface area contributed by atoms with Crippen molar-refractivity contribution in [3.63, 3.8) is 0 Å². The zero-order valence-electron chi connectivity index (χ0n) is 15.9. The number of Topliss-reactive ketones (excluding diaryl/α,β-unsaturated/α-hetero) is 1. The van der Waals surface area contributed by atoms with E-state index in [1.165, 1.54) is 7.11 Å². The maximum Gasteiger partial charge on any atom is 0.337 e. The summed E-state index contributed by atoms with van der Waals surface area (Å²) in [5, 5.41) is 0. The van der Waals surface area contributed by atoms with Crippen LogP contribution in [-0.4, -0.2) is 18.9 Å². The highest BCUT2D eigenvalue weighted by molar-refractivity contribution is 6.14. The summed E-state index contributed by atoms with van der Waals surface area (Å²) in [5.41, 5.74) is 1.85. The molecule has 1 aliphatic heterocycles. The van der Waals surface area contributed by atoms with Gasteiger partial charge in [-0.25, -0.2) is 4.79 Å². The van der Waals surface area contributed by atoms with E-state index in [-0.39, 0.29) is 17.5 Å². The van der Waals surface area contributed by atoms with Gasteiger partial charge in [0.1, 0.15) is 29.6 Å². The summed E-state index contributed by atoms with van der Waals surface area (Å²) in [4.78, 5) is 24.0. The third kappa shape index (κ3) is 3.91. The van der Waals surface area contributed by atoms with Crippen molar-refractivity contribution in [1.82, 2.24) is 0 Å².